The number of hydrogen-bond acceptors (Lipinski definition) is 8. The molecule has 3 aromatic rings. The molecule has 0 aliphatic carbocycles. The van der Waals surface area contributed by atoms with Crippen molar-refractivity contribution < 1.29 is 28.2 Å². The first-order valence-corrected chi connectivity index (χ1v) is 11.5. The number of fused-ring (bicyclic) bond motifs is 1. The van der Waals surface area contributed by atoms with Crippen molar-refractivity contribution in [3.05, 3.63) is 59.7 Å². The molecule has 9 nitrogen and oxygen atoms in total. The third-order valence-corrected chi connectivity index (χ3v) is 5.99. The molecule has 0 radical (unpaired) electrons. The van der Waals surface area contributed by atoms with Crippen molar-refractivity contribution in [2.45, 2.75) is 24.7 Å². The first-order chi connectivity index (χ1) is 16.5. The van der Waals surface area contributed by atoms with E-state index >= 15 is 0 Å². The third kappa shape index (κ3) is 5.37. The van der Waals surface area contributed by atoms with Gasteiger partial charge in [0, 0.05) is 12.7 Å². The highest BCUT2D eigenvalue weighted by molar-refractivity contribution is 7.99. The number of methoxy groups -OCH3 is 1. The Kier molecular flexibility index (Phi) is 7.43. The molecule has 1 aromatic heterocycles. The van der Waals surface area contributed by atoms with Crippen molar-refractivity contribution >= 4 is 29.1 Å². The summed E-state index contributed by atoms with van der Waals surface area (Å²) in [6, 6.07) is 10.9. The number of para-hydroxylation sites is 1. The van der Waals surface area contributed by atoms with Crippen LogP contribution in [0.5, 0.6) is 11.5 Å². The molecule has 4 rings (SSSR count). The molecule has 0 spiro atoms. The Morgan fingerprint density at radius 2 is 2.12 bits per heavy atom. The van der Waals surface area contributed by atoms with Crippen LogP contribution in [-0.2, 0) is 16.1 Å². The number of nitrogens with zero attached hydrogens (tertiary/aromatic N) is 3. The van der Waals surface area contributed by atoms with Gasteiger partial charge in [-0.15, -0.1) is 10.2 Å². The van der Waals surface area contributed by atoms with Gasteiger partial charge < -0.3 is 19.5 Å². The molecule has 0 fully saturated rings. The Labute approximate surface area is 199 Å². The number of benzene rings is 2. The molecule has 1 atom stereocenters. The quantitative estimate of drug-likeness (QED) is 0.343. The van der Waals surface area contributed by atoms with Gasteiger partial charge in [-0.05, 0) is 37.3 Å². The molecule has 1 amide bonds. The zero-order valence-corrected chi connectivity index (χ0v) is 19.4. The van der Waals surface area contributed by atoms with Gasteiger partial charge in [-0.2, -0.15) is 0 Å². The highest BCUT2D eigenvalue weighted by Gasteiger charge is 2.21. The van der Waals surface area contributed by atoms with Crippen LogP contribution in [-0.4, -0.2) is 52.5 Å². The standard InChI is InChI=1S/C23H23FN4O5S/c1-14(10-31-2)28-21(11-32-19-6-4-3-5-16(19)24)26-27-23(28)34-13-18(29)15-7-8-20-17(9-15)25-22(30)12-33-20/h3-9,14H,10-13H2,1-2H3,(H,25,30)/t14-/m0/s1. The lowest BCUT2D eigenvalue weighted by Gasteiger charge is -2.18. The van der Waals surface area contributed by atoms with Crippen LogP contribution in [0, 0.1) is 5.82 Å². The summed E-state index contributed by atoms with van der Waals surface area (Å²) in [5.74, 6) is 0.338. The SMILES string of the molecule is COC[C@H](C)n1c(COc2ccccc2F)nnc1SCC(=O)c1ccc2c(c1)NC(=O)CO2. The van der Waals surface area contributed by atoms with Gasteiger partial charge >= 0.3 is 0 Å². The van der Waals surface area contributed by atoms with Gasteiger partial charge in [-0.25, -0.2) is 4.39 Å². The fourth-order valence-corrected chi connectivity index (χ4v) is 4.39. The van der Waals surface area contributed by atoms with Gasteiger partial charge in [0.2, 0.25) is 0 Å². The van der Waals surface area contributed by atoms with E-state index in [9.17, 15) is 14.0 Å². The van der Waals surface area contributed by atoms with Crippen molar-refractivity contribution in [3.63, 3.8) is 0 Å². The number of aromatic nitrogens is 3. The van der Waals surface area contributed by atoms with E-state index in [0.29, 0.717) is 34.6 Å². The lowest BCUT2D eigenvalue weighted by Crippen LogP contribution is -2.25. The Balaban J connectivity index is 1.48. The zero-order chi connectivity index (χ0) is 24.1. The van der Waals surface area contributed by atoms with Crippen LogP contribution >= 0.6 is 11.8 Å². The second-order valence-corrected chi connectivity index (χ2v) is 8.49. The first-order valence-electron chi connectivity index (χ1n) is 10.5. The summed E-state index contributed by atoms with van der Waals surface area (Å²) in [4.78, 5) is 24.4. The van der Waals surface area contributed by atoms with Crippen molar-refractivity contribution in [1.82, 2.24) is 14.8 Å². The zero-order valence-electron chi connectivity index (χ0n) is 18.6. The molecule has 1 N–H and O–H groups in total. The number of carbonyl (C=O) groups is 2. The molecule has 178 valence electrons. The van der Waals surface area contributed by atoms with Gasteiger partial charge in [0.25, 0.3) is 5.91 Å². The topological polar surface area (TPSA) is 105 Å². The summed E-state index contributed by atoms with van der Waals surface area (Å²) in [5, 5.41) is 11.6. The molecular formula is C23H23FN4O5S. The number of halogens is 1. The Hall–Kier alpha value is -3.44. The number of nitrogens with one attached hydrogen (secondary N) is 1. The molecule has 34 heavy (non-hydrogen) atoms. The molecule has 2 aromatic carbocycles. The maximum Gasteiger partial charge on any atom is 0.262 e. The number of Topliss-reactive ketones (excluding diaryl/α,β-unsaturated/α-hetero) is 1. The molecule has 0 saturated carbocycles. The minimum Gasteiger partial charge on any atom is -0.483 e. The van der Waals surface area contributed by atoms with Gasteiger partial charge in [0.1, 0.15) is 12.4 Å². The summed E-state index contributed by atoms with van der Waals surface area (Å²) in [6.45, 7) is 2.27. The Morgan fingerprint density at radius 1 is 1.29 bits per heavy atom. The average Bonchev–Trinajstić information content (AvgIpc) is 3.24. The maximum atomic E-state index is 13.9. The van der Waals surface area contributed by atoms with E-state index in [2.05, 4.69) is 15.5 Å². The molecule has 11 heteroatoms. The summed E-state index contributed by atoms with van der Waals surface area (Å²) < 4.78 is 31.9. The van der Waals surface area contributed by atoms with Gasteiger partial charge in [-0.3, -0.25) is 14.2 Å². The second-order valence-electron chi connectivity index (χ2n) is 7.55. The van der Waals surface area contributed by atoms with Gasteiger partial charge in [0.05, 0.1) is 24.1 Å². The van der Waals surface area contributed by atoms with E-state index in [-0.39, 0.29) is 42.4 Å². The fraction of sp³-hybridized carbons (Fsp3) is 0.304. The number of ether oxygens (including phenoxy) is 3. The summed E-state index contributed by atoms with van der Waals surface area (Å²) in [7, 11) is 1.59. The third-order valence-electron chi connectivity index (χ3n) is 5.04. The van der Waals surface area contributed by atoms with Crippen molar-refractivity contribution in [2.24, 2.45) is 0 Å². The number of ketones is 1. The predicted molar refractivity (Wildman–Crippen MR) is 123 cm³/mol. The molecule has 2 heterocycles. The fourth-order valence-electron chi connectivity index (χ4n) is 3.44. The summed E-state index contributed by atoms with van der Waals surface area (Å²) >= 11 is 1.22. The van der Waals surface area contributed by atoms with E-state index in [1.807, 2.05) is 11.5 Å². The molecule has 0 saturated heterocycles. The summed E-state index contributed by atoms with van der Waals surface area (Å²) in [6.07, 6.45) is 0. The smallest absolute Gasteiger partial charge is 0.262 e. The van der Waals surface area contributed by atoms with Crippen molar-refractivity contribution in [1.29, 1.82) is 0 Å². The molecule has 1 aliphatic rings. The van der Waals surface area contributed by atoms with Crippen molar-refractivity contribution in [3.8, 4) is 11.5 Å². The number of anilines is 1. The number of carbonyl (C=O) groups excluding carboxylic acids is 2. The second kappa shape index (κ2) is 10.7. The number of thioether (sulfide) groups is 1. The van der Waals surface area contributed by atoms with Gasteiger partial charge in [-0.1, -0.05) is 23.9 Å². The molecule has 0 bridgehead atoms. The number of hydrogen-bond donors (Lipinski definition) is 1. The highest BCUT2D eigenvalue weighted by Crippen LogP contribution is 2.30. The molecule has 1 aliphatic heterocycles. The minimum atomic E-state index is -0.467. The van der Waals surface area contributed by atoms with Crippen LogP contribution in [0.25, 0.3) is 0 Å². The van der Waals surface area contributed by atoms with E-state index in [1.165, 1.54) is 23.9 Å². The minimum absolute atomic E-state index is 0.00101. The van der Waals surface area contributed by atoms with Gasteiger partial charge in [0.15, 0.2) is 34.9 Å². The number of amides is 1. The van der Waals surface area contributed by atoms with Crippen LogP contribution in [0.4, 0.5) is 10.1 Å². The largest absolute Gasteiger partial charge is 0.483 e. The maximum absolute atomic E-state index is 13.9. The lowest BCUT2D eigenvalue weighted by molar-refractivity contribution is -0.118. The first kappa shape index (κ1) is 23.7. The molecular weight excluding hydrogens is 463 g/mol. The molecule has 0 unspecified atom stereocenters. The van der Waals surface area contributed by atoms with Crippen LogP contribution in [0.15, 0.2) is 47.6 Å². The van der Waals surface area contributed by atoms with E-state index < -0.39 is 5.82 Å². The van der Waals surface area contributed by atoms with E-state index in [4.69, 9.17) is 14.2 Å². The van der Waals surface area contributed by atoms with Crippen LogP contribution in [0.3, 0.4) is 0 Å². The predicted octanol–water partition coefficient (Wildman–Crippen LogP) is 3.51. The van der Waals surface area contributed by atoms with E-state index in [1.54, 1.807) is 37.4 Å². The van der Waals surface area contributed by atoms with Crippen LogP contribution < -0.4 is 14.8 Å². The normalized spacial score (nSPS) is 13.6. The number of rotatable bonds is 10. The monoisotopic (exact) mass is 486 g/mol. The highest BCUT2D eigenvalue weighted by atomic mass is 32.2. The van der Waals surface area contributed by atoms with Crippen molar-refractivity contribution in [2.75, 3.05) is 31.4 Å². The van der Waals surface area contributed by atoms with E-state index in [0.717, 1.165) is 0 Å². The Bertz CT molecular complexity index is 1200. The Morgan fingerprint density at radius 3 is 2.91 bits per heavy atom. The summed E-state index contributed by atoms with van der Waals surface area (Å²) in [5.41, 5.74) is 0.910. The average molecular weight is 487 g/mol. The van der Waals surface area contributed by atoms with Crippen LogP contribution in [0.1, 0.15) is 29.1 Å². The lowest BCUT2D eigenvalue weighted by atomic mass is 10.1. The van der Waals surface area contributed by atoms with Crippen LogP contribution in [0.2, 0.25) is 0 Å².